The van der Waals surface area contributed by atoms with Crippen molar-refractivity contribution < 1.29 is 4.74 Å². The Kier molecular flexibility index (Phi) is 3.15. The predicted octanol–water partition coefficient (Wildman–Crippen LogP) is 2.80. The summed E-state index contributed by atoms with van der Waals surface area (Å²) in [5.41, 5.74) is 10.6. The maximum absolute atomic E-state index is 6.19. The van der Waals surface area contributed by atoms with Gasteiger partial charge in [0.2, 0.25) is 0 Å². The third-order valence-corrected chi connectivity index (χ3v) is 3.91. The lowest BCUT2D eigenvalue weighted by atomic mass is 10.0. The topological polar surface area (TPSA) is 66.0 Å². The minimum atomic E-state index is 0.609. The van der Waals surface area contributed by atoms with Crippen LogP contribution in [0.15, 0.2) is 36.0 Å². The van der Waals surface area contributed by atoms with Crippen molar-refractivity contribution in [2.45, 2.75) is 0 Å². The highest BCUT2D eigenvalue weighted by atomic mass is 32.1. The van der Waals surface area contributed by atoms with Crippen LogP contribution in [0.2, 0.25) is 0 Å². The molecule has 6 heteroatoms. The molecule has 0 radical (unpaired) electrons. The number of rotatable bonds is 3. The molecule has 102 valence electrons. The summed E-state index contributed by atoms with van der Waals surface area (Å²) in [6.07, 6.45) is 1.80. The van der Waals surface area contributed by atoms with Crippen LogP contribution >= 0.6 is 11.3 Å². The van der Waals surface area contributed by atoms with E-state index in [-0.39, 0.29) is 0 Å². The Morgan fingerprint density at radius 1 is 1.30 bits per heavy atom. The molecular formula is C14H14N4OS. The summed E-state index contributed by atoms with van der Waals surface area (Å²) in [5, 5.41) is 4.51. The van der Waals surface area contributed by atoms with Crippen LogP contribution in [0.4, 0.5) is 5.82 Å². The maximum Gasteiger partial charge on any atom is 0.130 e. The average Bonchev–Trinajstić information content (AvgIpc) is 3.08. The highest BCUT2D eigenvalue weighted by molar-refractivity contribution is 7.13. The van der Waals surface area contributed by atoms with Crippen molar-refractivity contribution in [3.63, 3.8) is 0 Å². The van der Waals surface area contributed by atoms with E-state index in [0.717, 1.165) is 27.4 Å². The van der Waals surface area contributed by atoms with Gasteiger partial charge in [-0.25, -0.2) is 0 Å². The molecule has 0 aliphatic rings. The van der Waals surface area contributed by atoms with Crippen LogP contribution in [-0.4, -0.2) is 21.9 Å². The first kappa shape index (κ1) is 12.7. The van der Waals surface area contributed by atoms with Gasteiger partial charge in [-0.2, -0.15) is 5.10 Å². The zero-order valence-electron chi connectivity index (χ0n) is 11.2. The molecule has 2 aromatic heterocycles. The Labute approximate surface area is 120 Å². The van der Waals surface area contributed by atoms with Crippen molar-refractivity contribution in [3.05, 3.63) is 36.0 Å². The van der Waals surface area contributed by atoms with Crippen LogP contribution in [0.5, 0.6) is 5.75 Å². The lowest BCUT2D eigenvalue weighted by Gasteiger charge is -2.08. The lowest BCUT2D eigenvalue weighted by molar-refractivity contribution is 0.416. The lowest BCUT2D eigenvalue weighted by Crippen LogP contribution is -1.98. The van der Waals surface area contributed by atoms with Crippen molar-refractivity contribution >= 4 is 17.2 Å². The van der Waals surface area contributed by atoms with Gasteiger partial charge in [0.05, 0.1) is 23.1 Å². The zero-order chi connectivity index (χ0) is 14.1. The summed E-state index contributed by atoms with van der Waals surface area (Å²) in [5.74, 6) is 1.39. The van der Waals surface area contributed by atoms with E-state index in [2.05, 4.69) is 10.1 Å². The van der Waals surface area contributed by atoms with Gasteiger partial charge in [0.25, 0.3) is 0 Å². The molecule has 0 aliphatic carbocycles. The van der Waals surface area contributed by atoms with Gasteiger partial charge < -0.3 is 10.5 Å². The number of aromatic nitrogens is 3. The molecular weight excluding hydrogens is 272 g/mol. The van der Waals surface area contributed by atoms with Crippen LogP contribution in [0.1, 0.15) is 0 Å². The monoisotopic (exact) mass is 286 g/mol. The van der Waals surface area contributed by atoms with Crippen LogP contribution in [0, 0.1) is 0 Å². The number of methoxy groups -OCH3 is 1. The summed E-state index contributed by atoms with van der Waals surface area (Å²) < 4.78 is 7.11. The van der Waals surface area contributed by atoms with Crippen LogP contribution in [0.25, 0.3) is 21.7 Å². The first-order valence-electron chi connectivity index (χ1n) is 6.07. The van der Waals surface area contributed by atoms with Gasteiger partial charge in [-0.1, -0.05) is 18.2 Å². The van der Waals surface area contributed by atoms with Gasteiger partial charge in [0, 0.05) is 18.8 Å². The maximum atomic E-state index is 6.19. The summed E-state index contributed by atoms with van der Waals surface area (Å²) >= 11 is 1.54. The van der Waals surface area contributed by atoms with Crippen molar-refractivity contribution in [3.8, 4) is 27.4 Å². The Hall–Kier alpha value is -2.34. The number of hydrogen-bond donors (Lipinski definition) is 1. The second-order valence-electron chi connectivity index (χ2n) is 4.30. The molecule has 5 nitrogen and oxygen atoms in total. The van der Waals surface area contributed by atoms with Crippen molar-refractivity contribution in [1.29, 1.82) is 0 Å². The van der Waals surface area contributed by atoms with E-state index in [1.54, 1.807) is 23.5 Å². The Morgan fingerprint density at radius 3 is 2.80 bits per heavy atom. The SMILES string of the molecule is COc1ccccc1-c1c(-c2cncs2)nn(C)c1N. The fourth-order valence-electron chi connectivity index (χ4n) is 2.16. The summed E-state index contributed by atoms with van der Waals surface area (Å²) in [4.78, 5) is 5.10. The highest BCUT2D eigenvalue weighted by Gasteiger charge is 2.20. The molecule has 0 bridgehead atoms. The quantitative estimate of drug-likeness (QED) is 0.804. The number of benzene rings is 1. The summed E-state index contributed by atoms with van der Waals surface area (Å²) in [6, 6.07) is 7.79. The Bertz CT molecular complexity index is 734. The Morgan fingerprint density at radius 2 is 2.10 bits per heavy atom. The smallest absolute Gasteiger partial charge is 0.130 e. The minimum absolute atomic E-state index is 0.609. The molecule has 0 unspecified atom stereocenters. The van der Waals surface area contributed by atoms with Gasteiger partial charge in [-0.3, -0.25) is 9.67 Å². The number of anilines is 1. The molecule has 0 fully saturated rings. The molecule has 3 aromatic rings. The molecule has 0 amide bonds. The van der Waals surface area contributed by atoms with Crippen LogP contribution in [-0.2, 0) is 7.05 Å². The number of hydrogen-bond acceptors (Lipinski definition) is 5. The number of nitrogens with zero attached hydrogens (tertiary/aromatic N) is 3. The van der Waals surface area contributed by atoms with Crippen LogP contribution < -0.4 is 10.5 Å². The molecule has 0 aliphatic heterocycles. The predicted molar refractivity (Wildman–Crippen MR) is 80.7 cm³/mol. The molecule has 0 atom stereocenters. The van der Waals surface area contributed by atoms with Crippen LogP contribution in [0.3, 0.4) is 0 Å². The first-order chi connectivity index (χ1) is 9.72. The third-order valence-electron chi connectivity index (χ3n) is 3.13. The van der Waals surface area contributed by atoms with E-state index >= 15 is 0 Å². The molecule has 20 heavy (non-hydrogen) atoms. The molecule has 0 saturated carbocycles. The summed E-state index contributed by atoms with van der Waals surface area (Å²) in [7, 11) is 3.48. The first-order valence-corrected chi connectivity index (χ1v) is 6.95. The van der Waals surface area contributed by atoms with E-state index < -0.39 is 0 Å². The molecule has 1 aromatic carbocycles. The number of nitrogens with two attached hydrogens (primary N) is 1. The zero-order valence-corrected chi connectivity index (χ0v) is 12.0. The molecule has 2 N–H and O–H groups in total. The molecule has 0 spiro atoms. The van der Waals surface area contributed by atoms with Crippen molar-refractivity contribution in [1.82, 2.24) is 14.8 Å². The van der Waals surface area contributed by atoms with Gasteiger partial charge in [-0.15, -0.1) is 11.3 Å². The van der Waals surface area contributed by atoms with E-state index in [9.17, 15) is 0 Å². The third kappa shape index (κ3) is 1.94. The largest absolute Gasteiger partial charge is 0.496 e. The van der Waals surface area contributed by atoms with Crippen molar-refractivity contribution in [2.24, 2.45) is 7.05 Å². The highest BCUT2D eigenvalue weighted by Crippen LogP contribution is 2.41. The van der Waals surface area contributed by atoms with Gasteiger partial charge >= 0.3 is 0 Å². The van der Waals surface area contributed by atoms with E-state index in [1.807, 2.05) is 31.3 Å². The number of nitrogen functional groups attached to an aromatic ring is 1. The minimum Gasteiger partial charge on any atom is -0.496 e. The number of aryl methyl sites for hydroxylation is 1. The number of thiazole rings is 1. The average molecular weight is 286 g/mol. The number of ether oxygens (including phenoxy) is 1. The second kappa shape index (κ2) is 4.97. The molecule has 3 rings (SSSR count). The Balaban J connectivity index is 2.28. The van der Waals surface area contributed by atoms with E-state index in [1.165, 1.54) is 11.3 Å². The fraction of sp³-hybridized carbons (Fsp3) is 0.143. The second-order valence-corrected chi connectivity index (χ2v) is 5.18. The van der Waals surface area contributed by atoms with Crippen molar-refractivity contribution in [2.75, 3.05) is 12.8 Å². The molecule has 2 heterocycles. The van der Waals surface area contributed by atoms with Gasteiger partial charge in [0.15, 0.2) is 0 Å². The number of para-hydroxylation sites is 1. The summed E-state index contributed by atoms with van der Waals surface area (Å²) in [6.45, 7) is 0. The van der Waals surface area contributed by atoms with Gasteiger partial charge in [0.1, 0.15) is 17.3 Å². The molecule has 0 saturated heterocycles. The van der Waals surface area contributed by atoms with E-state index in [0.29, 0.717) is 5.82 Å². The standard InChI is InChI=1S/C14H14N4OS/c1-18-14(15)12(9-5-3-4-6-10(9)19-2)13(17-18)11-7-16-8-20-11/h3-8H,15H2,1-2H3. The fourth-order valence-corrected chi connectivity index (χ4v) is 2.77. The van der Waals surface area contributed by atoms with E-state index in [4.69, 9.17) is 10.5 Å². The normalized spacial score (nSPS) is 10.7. The van der Waals surface area contributed by atoms with Gasteiger partial charge in [-0.05, 0) is 6.07 Å².